The quantitative estimate of drug-likeness (QED) is 0.916. The number of piperidine rings is 1. The molecular weight excluding hydrogens is 307 g/mol. The number of rotatable bonds is 3. The van der Waals surface area contributed by atoms with Crippen LogP contribution in [0.2, 0.25) is 0 Å². The summed E-state index contributed by atoms with van der Waals surface area (Å²) in [4.78, 5) is 2.32. The van der Waals surface area contributed by atoms with Crippen LogP contribution in [0.5, 0.6) is 0 Å². The molecule has 1 fully saturated rings. The van der Waals surface area contributed by atoms with Crippen LogP contribution in [-0.4, -0.2) is 24.5 Å². The fourth-order valence-corrected chi connectivity index (χ4v) is 3.02. The number of nitrogens with two attached hydrogens (primary N) is 1. The monoisotopic (exact) mass is 328 g/mol. The number of nitrogens with zero attached hydrogens (tertiary/aromatic N) is 1. The molecule has 2 rings (SSSR count). The first kappa shape index (κ1) is 14.9. The van der Waals surface area contributed by atoms with E-state index in [0.29, 0.717) is 17.5 Å². The van der Waals surface area contributed by atoms with E-state index in [4.69, 9.17) is 5.73 Å². The van der Waals surface area contributed by atoms with Crippen LogP contribution >= 0.6 is 15.9 Å². The second-order valence-corrected chi connectivity index (χ2v) is 7.03. The van der Waals surface area contributed by atoms with E-state index in [0.717, 1.165) is 30.4 Å². The molecule has 0 aliphatic carbocycles. The smallest absolute Gasteiger partial charge is 0.129 e. The lowest BCUT2D eigenvalue weighted by molar-refractivity contribution is 0.0949. The fourth-order valence-electron chi connectivity index (χ4n) is 2.69. The van der Waals surface area contributed by atoms with E-state index >= 15 is 0 Å². The molecule has 0 spiro atoms. The van der Waals surface area contributed by atoms with Crippen LogP contribution in [0, 0.1) is 11.2 Å². The van der Waals surface area contributed by atoms with Crippen molar-refractivity contribution in [3.8, 4) is 0 Å². The minimum atomic E-state index is -0.172. The van der Waals surface area contributed by atoms with E-state index in [-0.39, 0.29) is 11.9 Å². The summed E-state index contributed by atoms with van der Waals surface area (Å²) in [5.74, 6) is -0.172. The zero-order valence-electron chi connectivity index (χ0n) is 11.6. The summed E-state index contributed by atoms with van der Waals surface area (Å²) in [6, 6.07) is 5.24. The van der Waals surface area contributed by atoms with Crippen molar-refractivity contribution in [1.29, 1.82) is 0 Å². The first-order valence-corrected chi connectivity index (χ1v) is 7.61. The highest BCUT2D eigenvalue weighted by atomic mass is 79.9. The van der Waals surface area contributed by atoms with Gasteiger partial charge >= 0.3 is 0 Å². The molecule has 106 valence electrons. The summed E-state index contributed by atoms with van der Waals surface area (Å²) in [6.45, 7) is 7.03. The van der Waals surface area contributed by atoms with E-state index in [1.54, 1.807) is 0 Å². The number of hydrogen-bond acceptors (Lipinski definition) is 2. The maximum Gasteiger partial charge on any atom is 0.129 e. The Hall–Kier alpha value is -0.450. The van der Waals surface area contributed by atoms with Gasteiger partial charge in [-0.3, -0.25) is 4.90 Å². The van der Waals surface area contributed by atoms with Gasteiger partial charge in [-0.1, -0.05) is 35.8 Å². The Morgan fingerprint density at radius 2 is 2.00 bits per heavy atom. The predicted octanol–water partition coefficient (Wildman–Crippen LogP) is 3.71. The largest absolute Gasteiger partial charge is 0.329 e. The second kappa shape index (κ2) is 5.90. The standard InChI is InChI=1S/C15H22BrFN2/c1-15(2)5-7-19(8-6-15)14(10-18)12-4-3-11(16)9-13(12)17/h3-4,9,14H,5-8,10,18H2,1-2H3. The Bertz CT molecular complexity index is 438. The molecule has 1 aliphatic heterocycles. The Balaban J connectivity index is 2.16. The molecule has 1 aromatic carbocycles. The summed E-state index contributed by atoms with van der Waals surface area (Å²) >= 11 is 3.29. The number of hydrogen-bond donors (Lipinski definition) is 1. The van der Waals surface area contributed by atoms with Crippen LogP contribution < -0.4 is 5.73 Å². The third kappa shape index (κ3) is 3.56. The molecule has 1 saturated heterocycles. The van der Waals surface area contributed by atoms with Crippen molar-refractivity contribution in [1.82, 2.24) is 4.90 Å². The van der Waals surface area contributed by atoms with Crippen LogP contribution in [0.25, 0.3) is 0 Å². The highest BCUT2D eigenvalue weighted by molar-refractivity contribution is 9.10. The number of likely N-dealkylation sites (tertiary alicyclic amines) is 1. The highest BCUT2D eigenvalue weighted by Crippen LogP contribution is 2.34. The van der Waals surface area contributed by atoms with Gasteiger partial charge in [0.15, 0.2) is 0 Å². The van der Waals surface area contributed by atoms with Gasteiger partial charge in [-0.05, 0) is 43.5 Å². The first-order valence-electron chi connectivity index (χ1n) is 6.82. The molecule has 2 N–H and O–H groups in total. The molecule has 1 heterocycles. The van der Waals surface area contributed by atoms with Crippen molar-refractivity contribution in [3.05, 3.63) is 34.1 Å². The molecule has 4 heteroatoms. The molecule has 0 radical (unpaired) electrons. The van der Waals surface area contributed by atoms with Crippen LogP contribution in [-0.2, 0) is 0 Å². The molecule has 1 aliphatic rings. The van der Waals surface area contributed by atoms with Crippen molar-refractivity contribution in [2.45, 2.75) is 32.7 Å². The summed E-state index contributed by atoms with van der Waals surface area (Å²) in [5.41, 5.74) is 7.00. The number of halogens is 2. The SMILES string of the molecule is CC1(C)CCN(C(CN)c2ccc(Br)cc2F)CC1. The molecular formula is C15H22BrFN2. The second-order valence-electron chi connectivity index (χ2n) is 6.12. The Kier molecular flexibility index (Phi) is 4.64. The summed E-state index contributed by atoms with van der Waals surface area (Å²) < 4.78 is 14.9. The Labute approximate surface area is 123 Å². The summed E-state index contributed by atoms with van der Waals surface area (Å²) in [6.07, 6.45) is 2.28. The normalized spacial score (nSPS) is 21.3. The third-order valence-electron chi connectivity index (χ3n) is 4.14. The molecule has 1 unspecified atom stereocenters. The first-order chi connectivity index (χ1) is 8.93. The zero-order valence-corrected chi connectivity index (χ0v) is 13.2. The van der Waals surface area contributed by atoms with Crippen molar-refractivity contribution in [2.24, 2.45) is 11.1 Å². The minimum Gasteiger partial charge on any atom is -0.329 e. The fraction of sp³-hybridized carbons (Fsp3) is 0.600. The van der Waals surface area contributed by atoms with Gasteiger partial charge in [-0.2, -0.15) is 0 Å². The summed E-state index contributed by atoms with van der Waals surface area (Å²) in [7, 11) is 0. The lowest BCUT2D eigenvalue weighted by Gasteiger charge is -2.41. The Morgan fingerprint density at radius 1 is 1.37 bits per heavy atom. The highest BCUT2D eigenvalue weighted by Gasteiger charge is 2.30. The van der Waals surface area contributed by atoms with Gasteiger partial charge in [-0.25, -0.2) is 4.39 Å². The number of benzene rings is 1. The van der Waals surface area contributed by atoms with Crippen molar-refractivity contribution in [2.75, 3.05) is 19.6 Å². The molecule has 0 amide bonds. The van der Waals surface area contributed by atoms with Gasteiger partial charge < -0.3 is 5.73 Å². The average molecular weight is 329 g/mol. The lowest BCUT2D eigenvalue weighted by Crippen LogP contribution is -2.42. The van der Waals surface area contributed by atoms with Crippen LogP contribution in [0.3, 0.4) is 0 Å². The van der Waals surface area contributed by atoms with Gasteiger partial charge in [0.25, 0.3) is 0 Å². The summed E-state index contributed by atoms with van der Waals surface area (Å²) in [5, 5.41) is 0. The molecule has 0 saturated carbocycles. The van der Waals surface area contributed by atoms with Gasteiger partial charge in [0, 0.05) is 22.6 Å². The predicted molar refractivity (Wildman–Crippen MR) is 80.5 cm³/mol. The lowest BCUT2D eigenvalue weighted by atomic mass is 9.82. The van der Waals surface area contributed by atoms with E-state index in [1.165, 1.54) is 6.07 Å². The van der Waals surface area contributed by atoms with Crippen LogP contribution in [0.4, 0.5) is 4.39 Å². The van der Waals surface area contributed by atoms with Crippen LogP contribution in [0.1, 0.15) is 38.3 Å². The van der Waals surface area contributed by atoms with Gasteiger partial charge in [0.2, 0.25) is 0 Å². The maximum absolute atomic E-state index is 14.1. The van der Waals surface area contributed by atoms with Gasteiger partial charge in [-0.15, -0.1) is 0 Å². The van der Waals surface area contributed by atoms with E-state index < -0.39 is 0 Å². The van der Waals surface area contributed by atoms with Gasteiger partial charge in [0.1, 0.15) is 5.82 Å². The Morgan fingerprint density at radius 3 is 2.53 bits per heavy atom. The topological polar surface area (TPSA) is 29.3 Å². The van der Waals surface area contributed by atoms with E-state index in [2.05, 4.69) is 34.7 Å². The van der Waals surface area contributed by atoms with Gasteiger partial charge in [0.05, 0.1) is 0 Å². The van der Waals surface area contributed by atoms with E-state index in [1.807, 2.05) is 12.1 Å². The molecule has 19 heavy (non-hydrogen) atoms. The van der Waals surface area contributed by atoms with Crippen molar-refractivity contribution < 1.29 is 4.39 Å². The third-order valence-corrected chi connectivity index (χ3v) is 4.63. The molecule has 0 bridgehead atoms. The molecule has 2 nitrogen and oxygen atoms in total. The average Bonchev–Trinajstić information content (AvgIpc) is 2.34. The zero-order chi connectivity index (χ0) is 14.0. The molecule has 1 aromatic rings. The molecule has 0 aromatic heterocycles. The maximum atomic E-state index is 14.1. The molecule has 1 atom stereocenters. The van der Waals surface area contributed by atoms with Crippen molar-refractivity contribution in [3.63, 3.8) is 0 Å². The minimum absolute atomic E-state index is 0.0100. The van der Waals surface area contributed by atoms with E-state index in [9.17, 15) is 4.39 Å². The van der Waals surface area contributed by atoms with Crippen molar-refractivity contribution >= 4 is 15.9 Å². The van der Waals surface area contributed by atoms with Crippen LogP contribution in [0.15, 0.2) is 22.7 Å².